The number of benzene rings is 1. The minimum Gasteiger partial charge on any atom is -0.489 e. The van der Waals surface area contributed by atoms with Crippen molar-refractivity contribution in [3.05, 3.63) is 53.1 Å². The molecule has 6 rings (SSSR count). The van der Waals surface area contributed by atoms with Crippen LogP contribution in [0.5, 0.6) is 5.75 Å². The van der Waals surface area contributed by atoms with Gasteiger partial charge in [-0.15, -0.1) is 0 Å². The first kappa shape index (κ1) is 17.7. The summed E-state index contributed by atoms with van der Waals surface area (Å²) < 4.78 is 12.3. The van der Waals surface area contributed by atoms with Crippen LogP contribution in [0.15, 0.2) is 42.0 Å². The van der Waals surface area contributed by atoms with Crippen molar-refractivity contribution in [3.8, 4) is 11.8 Å². The first-order chi connectivity index (χ1) is 13.6. The van der Waals surface area contributed by atoms with E-state index in [1.165, 1.54) is 0 Å². The molecule has 4 heteroatoms. The quantitative estimate of drug-likeness (QED) is 0.750. The maximum absolute atomic E-state index is 13.0. The number of allylic oxidation sites excluding steroid dienone is 4. The lowest BCUT2D eigenvalue weighted by atomic mass is 9.66. The monoisotopic (exact) mass is 375 g/mol. The lowest BCUT2D eigenvalue weighted by Crippen LogP contribution is -2.53. The number of ether oxygens (including phenoxy) is 2. The molecule has 3 fully saturated rings. The van der Waals surface area contributed by atoms with Crippen molar-refractivity contribution in [1.29, 1.82) is 5.26 Å². The highest BCUT2D eigenvalue weighted by Gasteiger charge is 2.50. The van der Waals surface area contributed by atoms with Crippen molar-refractivity contribution in [2.24, 2.45) is 11.3 Å². The smallest absolute Gasteiger partial charge is 0.170 e. The zero-order chi connectivity index (χ0) is 19.3. The Morgan fingerprint density at radius 2 is 2.07 bits per heavy atom. The Kier molecular flexibility index (Phi) is 4.17. The highest BCUT2D eigenvalue weighted by molar-refractivity contribution is 6.00. The van der Waals surface area contributed by atoms with Crippen LogP contribution >= 0.6 is 0 Å². The average Bonchev–Trinajstić information content (AvgIpc) is 2.75. The molecule has 2 bridgehead atoms. The van der Waals surface area contributed by atoms with Crippen molar-refractivity contribution in [3.63, 3.8) is 0 Å². The van der Waals surface area contributed by atoms with Gasteiger partial charge in [-0.2, -0.15) is 5.26 Å². The predicted molar refractivity (Wildman–Crippen MR) is 105 cm³/mol. The summed E-state index contributed by atoms with van der Waals surface area (Å²) in [5.74, 6) is 1.27. The molecule has 0 N–H and O–H groups in total. The van der Waals surface area contributed by atoms with Gasteiger partial charge in [-0.25, -0.2) is 0 Å². The second-order valence-electron chi connectivity index (χ2n) is 8.84. The molecule has 3 aliphatic heterocycles. The molecule has 1 saturated carbocycles. The number of nitriles is 1. The molecule has 3 heterocycles. The average molecular weight is 375 g/mol. The fraction of sp³-hybridized carbons (Fsp3) is 0.500. The first-order valence-electron chi connectivity index (χ1n) is 10.3. The Hall–Kier alpha value is -2.38. The third-order valence-corrected chi connectivity index (χ3v) is 7.18. The molecular weight excluding hydrogens is 350 g/mol. The molecule has 4 nitrogen and oxygen atoms in total. The van der Waals surface area contributed by atoms with Crippen molar-refractivity contribution in [2.45, 2.75) is 57.2 Å². The van der Waals surface area contributed by atoms with Gasteiger partial charge in [0.15, 0.2) is 5.78 Å². The third-order valence-electron chi connectivity index (χ3n) is 7.18. The number of fused-ring (bicyclic) bond motifs is 4. The van der Waals surface area contributed by atoms with Crippen LogP contribution in [0.3, 0.4) is 0 Å². The standard InChI is InChI=1S/C24H25NO3/c1-15-2-3-16(13-25)10-19(15)17-4-5-22-20(11-17)21(26)12-23(28-22)24-8-6-18(7-9-24)27-14-24/h2-5,10-11,15,18-19,23H,6-9,12,14H2,1H3. The molecule has 0 aromatic heterocycles. The zero-order valence-corrected chi connectivity index (χ0v) is 16.2. The number of hydrogen-bond acceptors (Lipinski definition) is 4. The Morgan fingerprint density at radius 1 is 1.25 bits per heavy atom. The molecule has 2 aliphatic carbocycles. The van der Waals surface area contributed by atoms with Gasteiger partial charge in [-0.05, 0) is 55.4 Å². The van der Waals surface area contributed by atoms with Gasteiger partial charge in [0.05, 0.1) is 24.3 Å². The number of Topliss-reactive ketones (excluding diaryl/α,β-unsaturated/α-hetero) is 1. The number of carbonyl (C=O) groups is 1. The Balaban J connectivity index is 1.43. The van der Waals surface area contributed by atoms with Crippen molar-refractivity contribution >= 4 is 5.78 Å². The number of carbonyl (C=O) groups excluding carboxylic acids is 1. The first-order valence-corrected chi connectivity index (χ1v) is 10.3. The molecule has 1 aromatic rings. The minimum absolute atomic E-state index is 0.00607. The highest BCUT2D eigenvalue weighted by Crippen LogP contribution is 2.49. The molecule has 0 spiro atoms. The number of ketones is 1. The molecule has 0 amide bonds. The molecule has 3 unspecified atom stereocenters. The summed E-state index contributed by atoms with van der Waals surface area (Å²) in [5.41, 5.74) is 2.42. The van der Waals surface area contributed by atoms with Crippen LogP contribution < -0.4 is 4.74 Å². The van der Waals surface area contributed by atoms with Crippen LogP contribution in [0.25, 0.3) is 0 Å². The summed E-state index contributed by atoms with van der Waals surface area (Å²) in [5, 5.41) is 9.23. The fourth-order valence-electron chi connectivity index (χ4n) is 5.32. The predicted octanol–water partition coefficient (Wildman–Crippen LogP) is 4.72. The maximum Gasteiger partial charge on any atom is 0.170 e. The highest BCUT2D eigenvalue weighted by atomic mass is 16.5. The van der Waals surface area contributed by atoms with Gasteiger partial charge in [-0.3, -0.25) is 4.79 Å². The van der Waals surface area contributed by atoms with E-state index in [-0.39, 0.29) is 29.1 Å². The molecule has 0 radical (unpaired) electrons. The van der Waals surface area contributed by atoms with Gasteiger partial charge < -0.3 is 9.47 Å². The summed E-state index contributed by atoms with van der Waals surface area (Å²) in [4.78, 5) is 13.0. The van der Waals surface area contributed by atoms with Crippen LogP contribution in [-0.4, -0.2) is 24.6 Å². The van der Waals surface area contributed by atoms with Crippen LogP contribution in [0.1, 0.15) is 60.9 Å². The summed E-state index contributed by atoms with van der Waals surface area (Å²) >= 11 is 0. The number of rotatable bonds is 2. The van der Waals surface area contributed by atoms with E-state index in [4.69, 9.17) is 9.47 Å². The summed E-state index contributed by atoms with van der Waals surface area (Å²) in [6.45, 7) is 2.86. The van der Waals surface area contributed by atoms with Crippen LogP contribution in [-0.2, 0) is 4.74 Å². The second kappa shape index (κ2) is 6.60. The van der Waals surface area contributed by atoms with E-state index < -0.39 is 0 Å². The minimum atomic E-state index is -0.0822. The second-order valence-corrected chi connectivity index (χ2v) is 8.84. The molecule has 144 valence electrons. The molecule has 2 saturated heterocycles. The van der Waals surface area contributed by atoms with Crippen molar-refractivity contribution in [2.75, 3.05) is 6.61 Å². The van der Waals surface area contributed by atoms with Gasteiger partial charge in [0.25, 0.3) is 0 Å². The number of hydrogen-bond donors (Lipinski definition) is 0. The Bertz CT molecular complexity index is 900. The summed E-state index contributed by atoms with van der Waals surface area (Å²) in [6, 6.07) is 8.20. The SMILES string of the molecule is CC1C=CC(C#N)=CC1c1ccc2c(c1)C(=O)CC(C13CCC(CC1)OC3)O2. The number of nitrogens with zero attached hydrogens (tertiary/aromatic N) is 1. The molecular formula is C24H25NO3. The van der Waals surface area contributed by atoms with E-state index in [0.29, 0.717) is 29.4 Å². The van der Waals surface area contributed by atoms with E-state index in [0.717, 1.165) is 37.9 Å². The Morgan fingerprint density at radius 3 is 2.79 bits per heavy atom. The van der Waals surface area contributed by atoms with E-state index in [1.807, 2.05) is 30.4 Å². The van der Waals surface area contributed by atoms with Crippen molar-refractivity contribution in [1.82, 2.24) is 0 Å². The summed E-state index contributed by atoms with van der Waals surface area (Å²) in [7, 11) is 0. The molecule has 5 aliphatic rings. The van der Waals surface area contributed by atoms with Gasteiger partial charge in [0.2, 0.25) is 0 Å². The third kappa shape index (κ3) is 2.81. The van der Waals surface area contributed by atoms with Crippen LogP contribution in [0.4, 0.5) is 0 Å². The van der Waals surface area contributed by atoms with E-state index in [1.54, 1.807) is 0 Å². The zero-order valence-electron chi connectivity index (χ0n) is 16.2. The van der Waals surface area contributed by atoms with Crippen molar-refractivity contribution < 1.29 is 14.3 Å². The van der Waals surface area contributed by atoms with E-state index in [2.05, 4.69) is 19.1 Å². The lowest BCUT2D eigenvalue weighted by molar-refractivity contribution is -0.153. The molecule has 3 atom stereocenters. The van der Waals surface area contributed by atoms with E-state index in [9.17, 15) is 10.1 Å². The molecule has 1 aromatic carbocycles. The maximum atomic E-state index is 13.0. The van der Waals surface area contributed by atoms with Gasteiger partial charge in [-0.1, -0.05) is 25.1 Å². The Labute approximate surface area is 165 Å². The topological polar surface area (TPSA) is 59.3 Å². The molecule has 28 heavy (non-hydrogen) atoms. The lowest BCUT2D eigenvalue weighted by Gasteiger charge is -2.50. The van der Waals surface area contributed by atoms with Crippen LogP contribution in [0, 0.1) is 22.7 Å². The fourth-order valence-corrected chi connectivity index (χ4v) is 5.32. The van der Waals surface area contributed by atoms with Crippen LogP contribution in [0.2, 0.25) is 0 Å². The van der Waals surface area contributed by atoms with Gasteiger partial charge in [0.1, 0.15) is 11.9 Å². The van der Waals surface area contributed by atoms with Gasteiger partial charge >= 0.3 is 0 Å². The largest absolute Gasteiger partial charge is 0.489 e. The van der Waals surface area contributed by atoms with Gasteiger partial charge in [0, 0.05) is 23.3 Å². The summed E-state index contributed by atoms with van der Waals surface area (Å²) in [6.07, 6.45) is 11.1. The van der Waals surface area contributed by atoms with E-state index >= 15 is 0 Å². The normalized spacial score (nSPS) is 36.3.